The topological polar surface area (TPSA) is 49.4 Å². The van der Waals surface area contributed by atoms with Gasteiger partial charge in [-0.2, -0.15) is 0 Å². The zero-order chi connectivity index (χ0) is 20.5. The first-order valence-electron chi connectivity index (χ1n) is 9.04. The minimum atomic E-state index is -0.571. The normalized spacial score (nSPS) is 11.7. The van der Waals surface area contributed by atoms with Crippen molar-refractivity contribution >= 4 is 46.8 Å². The van der Waals surface area contributed by atoms with Gasteiger partial charge in [0.05, 0.1) is 5.75 Å². The van der Waals surface area contributed by atoms with E-state index < -0.39 is 6.04 Å². The fraction of sp³-hybridized carbons (Fsp3) is 0.333. The number of amides is 2. The summed E-state index contributed by atoms with van der Waals surface area (Å²) in [5, 5.41) is 4.07. The molecule has 150 valence electrons. The minimum Gasteiger partial charge on any atom is -0.355 e. The standard InChI is InChI=1S/C21H24Cl2N2O2S/c1-3-24-21(27)15(2)25(12-16-6-4-8-18(22)10-16)20(26)14-28-13-17-7-5-9-19(23)11-17/h4-11,15H,3,12-14H2,1-2H3,(H,24,27)/t15-/m0/s1. The van der Waals surface area contributed by atoms with Crippen LogP contribution in [0.15, 0.2) is 48.5 Å². The van der Waals surface area contributed by atoms with Gasteiger partial charge in [-0.25, -0.2) is 0 Å². The largest absolute Gasteiger partial charge is 0.355 e. The van der Waals surface area contributed by atoms with E-state index in [0.29, 0.717) is 28.9 Å². The lowest BCUT2D eigenvalue weighted by molar-refractivity contribution is -0.138. The molecule has 1 atom stereocenters. The van der Waals surface area contributed by atoms with Crippen molar-refractivity contribution in [3.8, 4) is 0 Å². The van der Waals surface area contributed by atoms with Crippen molar-refractivity contribution < 1.29 is 9.59 Å². The number of benzene rings is 2. The highest BCUT2D eigenvalue weighted by Gasteiger charge is 2.25. The first kappa shape index (κ1) is 22.6. The van der Waals surface area contributed by atoms with Gasteiger partial charge in [0.1, 0.15) is 6.04 Å². The molecule has 2 amide bonds. The van der Waals surface area contributed by atoms with Crippen LogP contribution in [0, 0.1) is 0 Å². The van der Waals surface area contributed by atoms with Crippen molar-refractivity contribution in [1.29, 1.82) is 0 Å². The fourth-order valence-corrected chi connectivity index (χ4v) is 3.99. The molecule has 0 aliphatic carbocycles. The van der Waals surface area contributed by atoms with Crippen molar-refractivity contribution in [3.63, 3.8) is 0 Å². The van der Waals surface area contributed by atoms with Crippen LogP contribution in [0.5, 0.6) is 0 Å². The number of rotatable bonds is 9. The van der Waals surface area contributed by atoms with Gasteiger partial charge < -0.3 is 10.2 Å². The van der Waals surface area contributed by atoms with Crippen molar-refractivity contribution in [2.24, 2.45) is 0 Å². The predicted molar refractivity (Wildman–Crippen MR) is 118 cm³/mol. The Labute approximate surface area is 180 Å². The molecular formula is C21H24Cl2N2O2S. The van der Waals surface area contributed by atoms with E-state index in [4.69, 9.17) is 23.2 Å². The zero-order valence-corrected chi connectivity index (χ0v) is 18.3. The molecule has 0 unspecified atom stereocenters. The number of carbonyl (C=O) groups is 2. The monoisotopic (exact) mass is 438 g/mol. The Bertz CT molecular complexity index is 816. The van der Waals surface area contributed by atoms with Gasteiger partial charge in [0, 0.05) is 28.9 Å². The van der Waals surface area contributed by atoms with Crippen LogP contribution in [0.2, 0.25) is 10.0 Å². The SMILES string of the molecule is CCNC(=O)[C@H](C)N(Cc1cccc(Cl)c1)C(=O)CSCc1cccc(Cl)c1. The molecule has 7 heteroatoms. The first-order chi connectivity index (χ1) is 13.4. The quantitative estimate of drug-likeness (QED) is 0.612. The van der Waals surface area contributed by atoms with E-state index in [0.717, 1.165) is 11.1 Å². The molecule has 28 heavy (non-hydrogen) atoms. The Morgan fingerprint density at radius 3 is 2.29 bits per heavy atom. The minimum absolute atomic E-state index is 0.0919. The van der Waals surface area contributed by atoms with Gasteiger partial charge >= 0.3 is 0 Å². The average Bonchev–Trinajstić information content (AvgIpc) is 2.66. The van der Waals surface area contributed by atoms with Gasteiger partial charge in [-0.15, -0.1) is 11.8 Å². The van der Waals surface area contributed by atoms with Crippen molar-refractivity contribution in [3.05, 3.63) is 69.7 Å². The van der Waals surface area contributed by atoms with Gasteiger partial charge in [-0.1, -0.05) is 47.5 Å². The molecule has 4 nitrogen and oxygen atoms in total. The summed E-state index contributed by atoms with van der Waals surface area (Å²) >= 11 is 13.6. The Morgan fingerprint density at radius 2 is 1.68 bits per heavy atom. The summed E-state index contributed by atoms with van der Waals surface area (Å²) in [6.07, 6.45) is 0. The molecule has 0 saturated carbocycles. The Morgan fingerprint density at radius 1 is 1.07 bits per heavy atom. The maximum Gasteiger partial charge on any atom is 0.242 e. The van der Waals surface area contributed by atoms with Crippen LogP contribution in [0.25, 0.3) is 0 Å². The second-order valence-electron chi connectivity index (χ2n) is 6.34. The summed E-state index contributed by atoms with van der Waals surface area (Å²) in [6.45, 7) is 4.45. The molecule has 2 rings (SSSR count). The van der Waals surface area contributed by atoms with E-state index in [-0.39, 0.29) is 17.6 Å². The highest BCUT2D eigenvalue weighted by Crippen LogP contribution is 2.19. The Kier molecular flexibility index (Phi) is 9.16. The number of likely N-dealkylation sites (N-methyl/N-ethyl adjacent to an activating group) is 1. The summed E-state index contributed by atoms with van der Waals surface area (Å²) in [6, 6.07) is 14.3. The lowest BCUT2D eigenvalue weighted by Gasteiger charge is -2.28. The van der Waals surface area contributed by atoms with Gasteiger partial charge in [0.15, 0.2) is 0 Å². The Balaban J connectivity index is 2.05. The molecule has 0 fully saturated rings. The van der Waals surface area contributed by atoms with E-state index in [1.165, 1.54) is 11.8 Å². The van der Waals surface area contributed by atoms with E-state index in [9.17, 15) is 9.59 Å². The van der Waals surface area contributed by atoms with Crippen LogP contribution in [0.1, 0.15) is 25.0 Å². The number of thioether (sulfide) groups is 1. The second kappa shape index (κ2) is 11.3. The van der Waals surface area contributed by atoms with E-state index in [1.54, 1.807) is 17.9 Å². The number of carbonyl (C=O) groups excluding carboxylic acids is 2. The molecule has 0 aliphatic heterocycles. The van der Waals surface area contributed by atoms with Gasteiger partial charge in [-0.3, -0.25) is 9.59 Å². The molecule has 2 aromatic carbocycles. The second-order valence-corrected chi connectivity index (χ2v) is 8.20. The predicted octanol–water partition coefficient (Wildman–Crippen LogP) is 4.78. The molecule has 0 bridgehead atoms. The van der Waals surface area contributed by atoms with Crippen LogP contribution >= 0.6 is 35.0 Å². The first-order valence-corrected chi connectivity index (χ1v) is 11.0. The average molecular weight is 439 g/mol. The van der Waals surface area contributed by atoms with Crippen LogP contribution in [-0.4, -0.2) is 35.1 Å². The van der Waals surface area contributed by atoms with Gasteiger partial charge in [0.2, 0.25) is 11.8 Å². The van der Waals surface area contributed by atoms with Crippen LogP contribution in [0.3, 0.4) is 0 Å². The van der Waals surface area contributed by atoms with Crippen molar-refractivity contribution in [2.75, 3.05) is 12.3 Å². The number of nitrogens with zero attached hydrogens (tertiary/aromatic N) is 1. The van der Waals surface area contributed by atoms with Gasteiger partial charge in [0.25, 0.3) is 0 Å². The third-order valence-electron chi connectivity index (χ3n) is 4.14. The number of hydrogen-bond acceptors (Lipinski definition) is 3. The molecule has 0 aromatic heterocycles. The van der Waals surface area contributed by atoms with Gasteiger partial charge in [-0.05, 0) is 49.2 Å². The molecule has 0 heterocycles. The van der Waals surface area contributed by atoms with Crippen LogP contribution in [0.4, 0.5) is 0 Å². The summed E-state index contributed by atoms with van der Waals surface area (Å²) in [5.74, 6) is 0.687. The summed E-state index contributed by atoms with van der Waals surface area (Å²) in [5.41, 5.74) is 1.94. The summed E-state index contributed by atoms with van der Waals surface area (Å²) in [4.78, 5) is 26.8. The van der Waals surface area contributed by atoms with Crippen LogP contribution in [-0.2, 0) is 21.9 Å². The summed E-state index contributed by atoms with van der Waals surface area (Å²) < 4.78 is 0. The van der Waals surface area contributed by atoms with E-state index in [1.807, 2.05) is 49.4 Å². The highest BCUT2D eigenvalue weighted by atomic mass is 35.5. The molecule has 0 radical (unpaired) electrons. The smallest absolute Gasteiger partial charge is 0.242 e. The zero-order valence-electron chi connectivity index (χ0n) is 16.0. The van der Waals surface area contributed by atoms with Crippen molar-refractivity contribution in [1.82, 2.24) is 10.2 Å². The van der Waals surface area contributed by atoms with Crippen molar-refractivity contribution in [2.45, 2.75) is 32.2 Å². The highest BCUT2D eigenvalue weighted by molar-refractivity contribution is 7.99. The molecule has 0 spiro atoms. The number of halogens is 2. The molecule has 0 saturated heterocycles. The third kappa shape index (κ3) is 7.04. The molecule has 1 N–H and O–H groups in total. The van der Waals surface area contributed by atoms with Crippen LogP contribution < -0.4 is 5.32 Å². The third-order valence-corrected chi connectivity index (χ3v) is 5.60. The lowest BCUT2D eigenvalue weighted by atomic mass is 10.1. The molecular weight excluding hydrogens is 415 g/mol. The molecule has 2 aromatic rings. The van der Waals surface area contributed by atoms with E-state index >= 15 is 0 Å². The fourth-order valence-electron chi connectivity index (χ4n) is 2.70. The Hall–Kier alpha value is -1.69. The molecule has 0 aliphatic rings. The van der Waals surface area contributed by atoms with E-state index in [2.05, 4.69) is 5.32 Å². The maximum atomic E-state index is 12.9. The summed E-state index contributed by atoms with van der Waals surface area (Å²) in [7, 11) is 0. The number of nitrogens with one attached hydrogen (secondary N) is 1. The lowest BCUT2D eigenvalue weighted by Crippen LogP contribution is -2.48. The number of hydrogen-bond donors (Lipinski definition) is 1. The maximum absolute atomic E-state index is 12.9.